The Morgan fingerprint density at radius 2 is 1.87 bits per heavy atom. The van der Waals surface area contributed by atoms with Gasteiger partial charge in [0, 0.05) is 33.7 Å². The summed E-state index contributed by atoms with van der Waals surface area (Å²) in [6.07, 6.45) is -0.360. The van der Waals surface area contributed by atoms with Crippen LogP contribution in [0.1, 0.15) is 17.1 Å². The van der Waals surface area contributed by atoms with Gasteiger partial charge in [0.2, 0.25) is 11.7 Å². The van der Waals surface area contributed by atoms with E-state index >= 15 is 0 Å². The van der Waals surface area contributed by atoms with E-state index in [1.807, 2.05) is 0 Å². The number of hydrogen-bond donors (Lipinski definition) is 2. The molecule has 1 aliphatic heterocycles. The molecule has 11 heteroatoms. The minimum Gasteiger partial charge on any atom is -0.502 e. The van der Waals surface area contributed by atoms with Gasteiger partial charge < -0.3 is 20.2 Å². The molecule has 0 fully saturated rings. The summed E-state index contributed by atoms with van der Waals surface area (Å²) in [5.74, 6) is -2.77. The first-order valence-electron chi connectivity index (χ1n) is 9.50. The summed E-state index contributed by atoms with van der Waals surface area (Å²) >= 11 is 0. The van der Waals surface area contributed by atoms with E-state index in [9.17, 15) is 28.7 Å². The predicted octanol–water partition coefficient (Wildman–Crippen LogP) is -0.623. The average Bonchev–Trinajstić information content (AvgIpc) is 2.75. The van der Waals surface area contributed by atoms with Gasteiger partial charge in [-0.25, -0.2) is 9.37 Å². The molecule has 1 aromatic heterocycles. The minimum atomic E-state index is -0.725. The van der Waals surface area contributed by atoms with Crippen LogP contribution in [-0.2, 0) is 40.4 Å². The van der Waals surface area contributed by atoms with Crippen molar-refractivity contribution in [2.75, 3.05) is 20.6 Å². The molecular formula is C20H22FN5O5. The van der Waals surface area contributed by atoms with E-state index in [0.717, 1.165) is 4.90 Å². The number of likely N-dealkylation sites (N-methyl/N-ethyl adjacent to an activating group) is 1. The van der Waals surface area contributed by atoms with Crippen LogP contribution in [0.15, 0.2) is 29.1 Å². The Kier molecular flexibility index (Phi) is 6.33. The number of nitrogens with zero attached hydrogens (tertiary/aromatic N) is 4. The standard InChI is InChI=1S/C20H22FN5O5/c1-24(2)19(30)20(31)25-7-8-26-15(11-25)23-14(17(28)18(26)29)9-16(27)22-10-12-3-5-13(21)6-4-12/h3-6,28H,7-11H2,1-2H3,(H,22,27). The molecule has 0 unspecified atom stereocenters. The molecule has 2 heterocycles. The third-order valence-corrected chi connectivity index (χ3v) is 4.83. The first-order valence-corrected chi connectivity index (χ1v) is 9.50. The van der Waals surface area contributed by atoms with E-state index in [1.165, 1.54) is 47.8 Å². The molecule has 1 aliphatic rings. The van der Waals surface area contributed by atoms with E-state index < -0.39 is 34.8 Å². The number of carbonyl (C=O) groups excluding carboxylic acids is 3. The van der Waals surface area contributed by atoms with Gasteiger partial charge in [-0.1, -0.05) is 12.1 Å². The molecule has 0 saturated heterocycles. The maximum Gasteiger partial charge on any atom is 0.312 e. The normalized spacial score (nSPS) is 12.8. The number of fused-ring (bicyclic) bond motifs is 1. The molecule has 0 spiro atoms. The lowest BCUT2D eigenvalue weighted by Crippen LogP contribution is -2.48. The number of rotatable bonds is 4. The Bertz CT molecular complexity index is 1080. The summed E-state index contributed by atoms with van der Waals surface area (Å²) in [5.41, 5.74) is -0.157. The quantitative estimate of drug-likeness (QED) is 0.622. The van der Waals surface area contributed by atoms with Crippen LogP contribution in [0.3, 0.4) is 0 Å². The van der Waals surface area contributed by atoms with Gasteiger partial charge in [0.15, 0.2) is 0 Å². The lowest BCUT2D eigenvalue weighted by atomic mass is 10.2. The Morgan fingerprint density at radius 3 is 2.52 bits per heavy atom. The molecule has 0 bridgehead atoms. The van der Waals surface area contributed by atoms with Gasteiger partial charge in [-0.2, -0.15) is 0 Å². The minimum absolute atomic E-state index is 0.0677. The van der Waals surface area contributed by atoms with Crippen molar-refractivity contribution >= 4 is 17.7 Å². The molecule has 0 aliphatic carbocycles. The number of amides is 3. The van der Waals surface area contributed by atoms with Crippen molar-refractivity contribution in [3.8, 4) is 5.75 Å². The highest BCUT2D eigenvalue weighted by atomic mass is 19.1. The molecule has 0 radical (unpaired) electrons. The monoisotopic (exact) mass is 431 g/mol. The molecule has 3 rings (SSSR count). The number of carbonyl (C=O) groups is 3. The second-order valence-corrected chi connectivity index (χ2v) is 7.29. The topological polar surface area (TPSA) is 125 Å². The number of nitrogens with one attached hydrogen (secondary N) is 1. The zero-order valence-electron chi connectivity index (χ0n) is 17.1. The second-order valence-electron chi connectivity index (χ2n) is 7.29. The Hall–Kier alpha value is -3.76. The SMILES string of the molecule is CN(C)C(=O)C(=O)N1CCn2c(nc(CC(=O)NCc3ccc(F)cc3)c(O)c2=O)C1. The van der Waals surface area contributed by atoms with Crippen LogP contribution in [-0.4, -0.2) is 62.8 Å². The first kappa shape index (κ1) is 21.9. The van der Waals surface area contributed by atoms with Gasteiger partial charge >= 0.3 is 11.8 Å². The van der Waals surface area contributed by atoms with Gasteiger partial charge in [0.05, 0.1) is 18.7 Å². The van der Waals surface area contributed by atoms with Crippen molar-refractivity contribution in [2.45, 2.75) is 26.1 Å². The van der Waals surface area contributed by atoms with Crippen LogP contribution in [0.25, 0.3) is 0 Å². The zero-order chi connectivity index (χ0) is 22.7. The van der Waals surface area contributed by atoms with Crippen LogP contribution in [0.4, 0.5) is 4.39 Å². The molecule has 2 aromatic rings. The van der Waals surface area contributed by atoms with Crippen LogP contribution < -0.4 is 10.9 Å². The van der Waals surface area contributed by atoms with E-state index in [-0.39, 0.29) is 44.1 Å². The Labute approximate surface area is 176 Å². The van der Waals surface area contributed by atoms with Gasteiger partial charge in [0.1, 0.15) is 11.6 Å². The highest BCUT2D eigenvalue weighted by molar-refractivity contribution is 6.34. The Balaban J connectivity index is 1.73. The lowest BCUT2D eigenvalue weighted by molar-refractivity contribution is -0.151. The number of hydrogen-bond acceptors (Lipinski definition) is 6. The fraction of sp³-hybridized carbons (Fsp3) is 0.350. The average molecular weight is 431 g/mol. The second kappa shape index (κ2) is 8.94. The van der Waals surface area contributed by atoms with Crippen LogP contribution in [0, 0.1) is 5.82 Å². The third-order valence-electron chi connectivity index (χ3n) is 4.83. The van der Waals surface area contributed by atoms with Crippen molar-refractivity contribution < 1.29 is 23.9 Å². The fourth-order valence-corrected chi connectivity index (χ4v) is 3.10. The molecular weight excluding hydrogens is 409 g/mol. The van der Waals surface area contributed by atoms with Gasteiger partial charge in [-0.05, 0) is 17.7 Å². The number of aromatic nitrogens is 2. The van der Waals surface area contributed by atoms with Crippen molar-refractivity contribution in [1.29, 1.82) is 0 Å². The smallest absolute Gasteiger partial charge is 0.312 e. The summed E-state index contributed by atoms with van der Waals surface area (Å²) in [6.45, 7) is 0.221. The van der Waals surface area contributed by atoms with Crippen LogP contribution in [0.5, 0.6) is 5.75 Å². The van der Waals surface area contributed by atoms with Crippen molar-refractivity contribution in [3.63, 3.8) is 0 Å². The van der Waals surface area contributed by atoms with Gasteiger partial charge in [0.25, 0.3) is 5.56 Å². The molecule has 1 aromatic carbocycles. The number of benzene rings is 1. The summed E-state index contributed by atoms with van der Waals surface area (Å²) < 4.78 is 14.2. The fourth-order valence-electron chi connectivity index (χ4n) is 3.10. The predicted molar refractivity (Wildman–Crippen MR) is 106 cm³/mol. The highest BCUT2D eigenvalue weighted by Crippen LogP contribution is 2.16. The van der Waals surface area contributed by atoms with Crippen molar-refractivity contribution in [2.24, 2.45) is 0 Å². The first-order chi connectivity index (χ1) is 14.7. The van der Waals surface area contributed by atoms with Crippen LogP contribution >= 0.6 is 0 Å². The highest BCUT2D eigenvalue weighted by Gasteiger charge is 2.29. The van der Waals surface area contributed by atoms with Crippen LogP contribution in [0.2, 0.25) is 0 Å². The van der Waals surface area contributed by atoms with E-state index in [1.54, 1.807) is 0 Å². The zero-order valence-corrected chi connectivity index (χ0v) is 17.1. The largest absolute Gasteiger partial charge is 0.502 e. The molecule has 164 valence electrons. The van der Waals surface area contributed by atoms with E-state index in [4.69, 9.17) is 0 Å². The summed E-state index contributed by atoms with van der Waals surface area (Å²) in [7, 11) is 2.92. The number of aromatic hydroxyl groups is 1. The summed E-state index contributed by atoms with van der Waals surface area (Å²) in [5, 5.41) is 12.8. The molecule has 31 heavy (non-hydrogen) atoms. The van der Waals surface area contributed by atoms with Gasteiger partial charge in [-0.15, -0.1) is 0 Å². The molecule has 3 amide bonds. The maximum absolute atomic E-state index is 13.0. The van der Waals surface area contributed by atoms with Crippen molar-refractivity contribution in [3.05, 3.63) is 57.5 Å². The molecule has 10 nitrogen and oxygen atoms in total. The molecule has 0 saturated carbocycles. The summed E-state index contributed by atoms with van der Waals surface area (Å²) in [6, 6.07) is 5.59. The van der Waals surface area contributed by atoms with E-state index in [0.29, 0.717) is 5.56 Å². The molecule has 0 atom stereocenters. The van der Waals surface area contributed by atoms with Crippen molar-refractivity contribution in [1.82, 2.24) is 24.7 Å². The number of halogens is 1. The van der Waals surface area contributed by atoms with E-state index in [2.05, 4.69) is 10.3 Å². The Morgan fingerprint density at radius 1 is 1.19 bits per heavy atom. The maximum atomic E-state index is 13.0. The molecule has 2 N–H and O–H groups in total. The third kappa shape index (κ3) is 4.87. The lowest BCUT2D eigenvalue weighted by Gasteiger charge is -2.29. The van der Waals surface area contributed by atoms with Gasteiger partial charge in [-0.3, -0.25) is 23.7 Å². The summed E-state index contributed by atoms with van der Waals surface area (Å²) in [4.78, 5) is 55.6.